The van der Waals surface area contributed by atoms with E-state index in [-0.39, 0.29) is 17.8 Å². The summed E-state index contributed by atoms with van der Waals surface area (Å²) in [5.41, 5.74) is 5.16. The van der Waals surface area contributed by atoms with Gasteiger partial charge in [-0.3, -0.25) is 4.79 Å². The Kier molecular flexibility index (Phi) is 1.61. The minimum absolute atomic E-state index is 0.0105. The van der Waals surface area contributed by atoms with Gasteiger partial charge in [-0.15, -0.1) is 0 Å². The zero-order valence-corrected chi connectivity index (χ0v) is 6.00. The second-order valence-electron chi connectivity index (χ2n) is 2.57. The van der Waals surface area contributed by atoms with E-state index in [0.29, 0.717) is 0 Å². The molecule has 1 aliphatic heterocycles. The van der Waals surface area contributed by atoms with E-state index in [4.69, 9.17) is 10.5 Å². The number of carbonyl (C=O) groups excluding carboxylic acids is 1. The average Bonchev–Trinajstić information content (AvgIpc) is 2.10. The first-order chi connectivity index (χ1) is 4.61. The summed E-state index contributed by atoms with van der Waals surface area (Å²) in [6.45, 7) is 3.77. The summed E-state index contributed by atoms with van der Waals surface area (Å²) in [4.78, 5) is 14.3. The lowest BCUT2D eigenvalue weighted by atomic mass is 10.1. The van der Waals surface area contributed by atoms with E-state index >= 15 is 0 Å². The van der Waals surface area contributed by atoms with Gasteiger partial charge in [-0.1, -0.05) is 13.8 Å². The highest BCUT2D eigenvalue weighted by atomic mass is 16.5. The number of ether oxygens (including phenoxy) is 1. The first kappa shape index (κ1) is 7.05. The molecule has 1 rings (SSSR count). The van der Waals surface area contributed by atoms with Crippen LogP contribution >= 0.6 is 0 Å². The Labute approximate surface area is 59.1 Å². The van der Waals surface area contributed by atoms with E-state index < -0.39 is 6.10 Å². The van der Waals surface area contributed by atoms with Crippen LogP contribution in [0.3, 0.4) is 0 Å². The second-order valence-corrected chi connectivity index (χ2v) is 2.57. The molecule has 0 saturated heterocycles. The number of hydrogen-bond donors (Lipinski definition) is 1. The molecule has 0 saturated carbocycles. The highest BCUT2D eigenvalue weighted by Gasteiger charge is 2.30. The molecular formula is C6H10N2O2. The average molecular weight is 142 g/mol. The topological polar surface area (TPSA) is 64.7 Å². The fourth-order valence-corrected chi connectivity index (χ4v) is 0.800. The van der Waals surface area contributed by atoms with Crippen molar-refractivity contribution in [2.24, 2.45) is 16.6 Å². The lowest BCUT2D eigenvalue weighted by molar-refractivity contribution is -0.124. The minimum atomic E-state index is -0.458. The molecule has 0 aromatic heterocycles. The van der Waals surface area contributed by atoms with Crippen LogP contribution < -0.4 is 5.73 Å². The Hall–Kier alpha value is -1.06. The predicted octanol–water partition coefficient (Wildman–Crippen LogP) is -0.118. The summed E-state index contributed by atoms with van der Waals surface area (Å²) in [5.74, 6) is -0.134. The van der Waals surface area contributed by atoms with Crippen LogP contribution in [0.25, 0.3) is 0 Å². The van der Waals surface area contributed by atoms with Crippen LogP contribution in [0.15, 0.2) is 4.99 Å². The normalized spacial score (nSPS) is 24.9. The fraction of sp³-hybridized carbons (Fsp3) is 0.667. The van der Waals surface area contributed by atoms with E-state index in [2.05, 4.69) is 4.99 Å². The Morgan fingerprint density at radius 3 is 2.50 bits per heavy atom. The van der Waals surface area contributed by atoms with E-state index in [9.17, 15) is 4.79 Å². The van der Waals surface area contributed by atoms with Crippen LogP contribution in [0.4, 0.5) is 0 Å². The molecule has 0 bridgehead atoms. The van der Waals surface area contributed by atoms with Crippen molar-refractivity contribution in [3.05, 3.63) is 0 Å². The quantitative estimate of drug-likeness (QED) is 0.555. The van der Waals surface area contributed by atoms with Crippen molar-refractivity contribution in [2.45, 2.75) is 20.0 Å². The molecule has 0 aromatic rings. The summed E-state index contributed by atoms with van der Waals surface area (Å²) in [5, 5.41) is 0. The van der Waals surface area contributed by atoms with Crippen LogP contribution in [0.2, 0.25) is 0 Å². The standard InChI is InChI=1S/C6H10N2O2/c1-3(2)4-5(9)8-6(7)10-4/h3-4H,1-2H3,(H2,7,8,9). The lowest BCUT2D eigenvalue weighted by Crippen LogP contribution is -2.25. The number of nitrogens with zero attached hydrogens (tertiary/aromatic N) is 1. The first-order valence-corrected chi connectivity index (χ1v) is 3.16. The van der Waals surface area contributed by atoms with Gasteiger partial charge < -0.3 is 10.5 Å². The molecule has 4 nitrogen and oxygen atoms in total. The largest absolute Gasteiger partial charge is 0.451 e. The van der Waals surface area contributed by atoms with Gasteiger partial charge in [-0.25, -0.2) is 0 Å². The monoisotopic (exact) mass is 142 g/mol. The molecule has 0 fully saturated rings. The van der Waals surface area contributed by atoms with Crippen LogP contribution in [-0.4, -0.2) is 18.0 Å². The molecular weight excluding hydrogens is 132 g/mol. The third-order valence-corrected chi connectivity index (χ3v) is 1.32. The minimum Gasteiger partial charge on any atom is -0.451 e. The van der Waals surface area contributed by atoms with Gasteiger partial charge in [0.25, 0.3) is 11.9 Å². The highest BCUT2D eigenvalue weighted by molar-refractivity contribution is 5.97. The molecule has 56 valence electrons. The number of aliphatic imine (C=N–C) groups is 1. The fourth-order valence-electron chi connectivity index (χ4n) is 0.800. The maximum absolute atomic E-state index is 10.8. The van der Waals surface area contributed by atoms with Crippen molar-refractivity contribution in [1.82, 2.24) is 0 Å². The maximum Gasteiger partial charge on any atom is 0.291 e. The van der Waals surface area contributed by atoms with E-state index in [1.807, 2.05) is 13.8 Å². The van der Waals surface area contributed by atoms with Gasteiger partial charge in [0.15, 0.2) is 6.10 Å². The van der Waals surface area contributed by atoms with Crippen molar-refractivity contribution >= 4 is 11.9 Å². The van der Waals surface area contributed by atoms with E-state index in [1.54, 1.807) is 0 Å². The third kappa shape index (κ3) is 1.10. The van der Waals surface area contributed by atoms with E-state index in [0.717, 1.165) is 0 Å². The number of nitrogens with two attached hydrogens (primary N) is 1. The van der Waals surface area contributed by atoms with Crippen LogP contribution in [-0.2, 0) is 9.53 Å². The van der Waals surface area contributed by atoms with Gasteiger partial charge in [0, 0.05) is 0 Å². The first-order valence-electron chi connectivity index (χ1n) is 3.16. The summed E-state index contributed by atoms with van der Waals surface area (Å²) in [6, 6.07) is -0.0105. The zero-order chi connectivity index (χ0) is 7.72. The summed E-state index contributed by atoms with van der Waals surface area (Å²) in [7, 11) is 0. The van der Waals surface area contributed by atoms with Crippen LogP contribution in [0, 0.1) is 5.92 Å². The second kappa shape index (κ2) is 2.28. The molecule has 4 heteroatoms. The van der Waals surface area contributed by atoms with Gasteiger partial charge >= 0.3 is 0 Å². The SMILES string of the molecule is CC(C)C1OC(N)=NC1=O. The molecule has 10 heavy (non-hydrogen) atoms. The van der Waals surface area contributed by atoms with Crippen LogP contribution in [0.5, 0.6) is 0 Å². The summed E-state index contributed by atoms with van der Waals surface area (Å²) >= 11 is 0. The van der Waals surface area contributed by atoms with Gasteiger partial charge in [0.05, 0.1) is 0 Å². The molecule has 0 radical (unpaired) electrons. The van der Waals surface area contributed by atoms with Gasteiger partial charge in [-0.2, -0.15) is 4.99 Å². The molecule has 0 aromatic carbocycles. The Morgan fingerprint density at radius 1 is 1.70 bits per heavy atom. The van der Waals surface area contributed by atoms with Crippen molar-refractivity contribution in [2.75, 3.05) is 0 Å². The molecule has 1 atom stereocenters. The molecule has 0 spiro atoms. The molecule has 1 heterocycles. The predicted molar refractivity (Wildman–Crippen MR) is 36.3 cm³/mol. The Morgan fingerprint density at radius 2 is 2.30 bits per heavy atom. The Bertz CT molecular complexity index is 186. The van der Waals surface area contributed by atoms with Crippen molar-refractivity contribution in [3.63, 3.8) is 0 Å². The number of amidine groups is 1. The highest BCUT2D eigenvalue weighted by Crippen LogP contribution is 2.12. The number of hydrogen-bond acceptors (Lipinski definition) is 3. The molecule has 2 N–H and O–H groups in total. The zero-order valence-electron chi connectivity index (χ0n) is 6.00. The van der Waals surface area contributed by atoms with Gasteiger partial charge in [0.1, 0.15) is 0 Å². The van der Waals surface area contributed by atoms with Crippen LogP contribution in [0.1, 0.15) is 13.8 Å². The number of amides is 1. The Balaban J connectivity index is 2.64. The van der Waals surface area contributed by atoms with Gasteiger partial charge in [0.2, 0.25) is 0 Å². The molecule has 0 aliphatic carbocycles. The number of rotatable bonds is 1. The van der Waals surface area contributed by atoms with Crippen molar-refractivity contribution in [1.29, 1.82) is 0 Å². The van der Waals surface area contributed by atoms with Gasteiger partial charge in [-0.05, 0) is 5.92 Å². The molecule has 1 unspecified atom stereocenters. The molecule has 1 aliphatic rings. The maximum atomic E-state index is 10.8. The smallest absolute Gasteiger partial charge is 0.291 e. The summed E-state index contributed by atoms with van der Waals surface area (Å²) in [6.07, 6.45) is -0.458. The third-order valence-electron chi connectivity index (χ3n) is 1.32. The van der Waals surface area contributed by atoms with E-state index in [1.165, 1.54) is 0 Å². The van der Waals surface area contributed by atoms with Crippen molar-refractivity contribution in [3.8, 4) is 0 Å². The summed E-state index contributed by atoms with van der Waals surface area (Å²) < 4.78 is 4.91. The van der Waals surface area contributed by atoms with Crippen molar-refractivity contribution < 1.29 is 9.53 Å². The number of carbonyl (C=O) groups is 1. The lowest BCUT2D eigenvalue weighted by Gasteiger charge is -2.10. The molecule has 1 amide bonds.